The summed E-state index contributed by atoms with van der Waals surface area (Å²) >= 11 is 6.44. The number of likely N-dealkylation sites (N-methyl/N-ethyl adjacent to an activating group) is 1. The third kappa shape index (κ3) is 3.69. The van der Waals surface area contributed by atoms with Gasteiger partial charge in [0.2, 0.25) is 5.96 Å². The number of amides is 3. The minimum Gasteiger partial charge on any atom is -0.321 e. The van der Waals surface area contributed by atoms with Crippen molar-refractivity contribution >= 4 is 29.5 Å². The second-order valence-corrected chi connectivity index (χ2v) is 8.99. The number of aromatic nitrogens is 2. The van der Waals surface area contributed by atoms with Crippen LogP contribution < -0.4 is 0 Å². The first kappa shape index (κ1) is 21.4. The Kier molecular flexibility index (Phi) is 5.51. The Bertz CT molecular complexity index is 1060. The van der Waals surface area contributed by atoms with Gasteiger partial charge in [-0.25, -0.2) is 14.5 Å². The van der Waals surface area contributed by atoms with Crippen LogP contribution in [0, 0.1) is 19.8 Å². The minimum absolute atomic E-state index is 0.160. The first-order chi connectivity index (χ1) is 14.7. The second-order valence-electron chi connectivity index (χ2n) is 8.58. The monoisotopic (exact) mass is 442 g/mol. The van der Waals surface area contributed by atoms with E-state index in [-0.39, 0.29) is 17.9 Å². The summed E-state index contributed by atoms with van der Waals surface area (Å²) in [5, 5.41) is 5.20. The van der Waals surface area contributed by atoms with E-state index in [1.54, 1.807) is 16.6 Å². The van der Waals surface area contributed by atoms with E-state index in [2.05, 4.69) is 5.10 Å². The number of hydrogen-bond acceptors (Lipinski definition) is 5. The summed E-state index contributed by atoms with van der Waals surface area (Å²) in [6, 6.07) is 8.54. The Labute approximate surface area is 187 Å². The number of halogens is 1. The summed E-state index contributed by atoms with van der Waals surface area (Å²) in [6.07, 6.45) is -0.621. The molecule has 3 amide bonds. The van der Waals surface area contributed by atoms with E-state index in [1.165, 1.54) is 4.90 Å². The highest BCUT2D eigenvalue weighted by Gasteiger charge is 2.52. The summed E-state index contributed by atoms with van der Waals surface area (Å²) in [7, 11) is 1.70. The number of rotatable bonds is 4. The van der Waals surface area contributed by atoms with Gasteiger partial charge < -0.3 is 9.80 Å². The number of urea groups is 1. The van der Waals surface area contributed by atoms with Crippen molar-refractivity contribution in [1.29, 1.82) is 0 Å². The first-order valence-corrected chi connectivity index (χ1v) is 10.8. The highest BCUT2D eigenvalue weighted by molar-refractivity contribution is 6.31. The zero-order valence-corrected chi connectivity index (χ0v) is 19.2. The number of benzene rings is 1. The Morgan fingerprint density at radius 1 is 1.16 bits per heavy atom. The molecule has 3 heterocycles. The van der Waals surface area contributed by atoms with E-state index in [4.69, 9.17) is 16.6 Å². The molecule has 0 radical (unpaired) electrons. The van der Waals surface area contributed by atoms with Crippen LogP contribution in [0.1, 0.15) is 30.8 Å². The van der Waals surface area contributed by atoms with E-state index < -0.39 is 12.2 Å². The molecule has 2 aliphatic heterocycles. The molecule has 31 heavy (non-hydrogen) atoms. The Morgan fingerprint density at radius 3 is 2.48 bits per heavy atom. The van der Waals surface area contributed by atoms with Gasteiger partial charge in [-0.2, -0.15) is 5.10 Å². The molecule has 0 N–H and O–H groups in total. The van der Waals surface area contributed by atoms with Gasteiger partial charge in [0.15, 0.2) is 12.2 Å². The lowest BCUT2D eigenvalue weighted by Crippen LogP contribution is -2.65. The van der Waals surface area contributed by atoms with Gasteiger partial charge >= 0.3 is 6.03 Å². The van der Waals surface area contributed by atoms with E-state index in [9.17, 15) is 9.59 Å². The number of nitrogens with zero attached hydrogens (tertiary/aromatic N) is 6. The molecule has 8 nitrogen and oxygen atoms in total. The Balaban J connectivity index is 1.80. The molecule has 1 fully saturated rings. The fourth-order valence-corrected chi connectivity index (χ4v) is 4.38. The number of aryl methyl sites for hydroxylation is 2. The van der Waals surface area contributed by atoms with Crippen molar-refractivity contribution < 1.29 is 9.59 Å². The third-order valence-corrected chi connectivity index (χ3v) is 5.99. The Morgan fingerprint density at radius 2 is 1.87 bits per heavy atom. The molecule has 2 aromatic rings. The summed E-state index contributed by atoms with van der Waals surface area (Å²) in [6.45, 7) is 8.57. The van der Waals surface area contributed by atoms with Crippen LogP contribution >= 0.6 is 11.6 Å². The van der Waals surface area contributed by atoms with Crippen LogP contribution in [0.4, 0.5) is 4.79 Å². The van der Waals surface area contributed by atoms with Gasteiger partial charge in [-0.3, -0.25) is 9.69 Å². The van der Waals surface area contributed by atoms with Crippen LogP contribution in [-0.2, 0) is 11.3 Å². The lowest BCUT2D eigenvalue weighted by atomic mass is 10.1. The number of carbonyl (C=O) groups excluding carboxylic acids is 2. The SMILES string of the molecule is Cc1cc(C)n(C2=NC3C(C(=O)N(CC(C)C)C(=O)N3C)N2Cc2ccccc2Cl)n1. The largest absolute Gasteiger partial charge is 0.328 e. The minimum atomic E-state index is -0.642. The number of fused-ring (bicyclic) bond motifs is 1. The van der Waals surface area contributed by atoms with E-state index >= 15 is 0 Å². The molecule has 1 aromatic carbocycles. The van der Waals surface area contributed by atoms with E-state index in [0.29, 0.717) is 24.1 Å². The normalized spacial score (nSPS) is 21.3. The van der Waals surface area contributed by atoms with Crippen LogP contribution in [-0.4, -0.2) is 68.2 Å². The topological polar surface area (TPSA) is 74.0 Å². The smallest absolute Gasteiger partial charge is 0.321 e. The summed E-state index contributed by atoms with van der Waals surface area (Å²) in [5.74, 6) is 0.460. The zero-order valence-electron chi connectivity index (χ0n) is 18.4. The van der Waals surface area contributed by atoms with Gasteiger partial charge in [0.25, 0.3) is 5.91 Å². The molecule has 1 saturated heterocycles. The average Bonchev–Trinajstić information content (AvgIpc) is 3.24. The van der Waals surface area contributed by atoms with Crippen molar-refractivity contribution in [2.45, 2.75) is 46.4 Å². The number of imide groups is 1. The van der Waals surface area contributed by atoms with Crippen LogP contribution in [0.25, 0.3) is 0 Å². The lowest BCUT2D eigenvalue weighted by Gasteiger charge is -2.41. The second kappa shape index (κ2) is 8.00. The quantitative estimate of drug-likeness (QED) is 0.729. The van der Waals surface area contributed by atoms with Crippen molar-refractivity contribution in [3.8, 4) is 0 Å². The molecule has 2 atom stereocenters. The maximum atomic E-state index is 13.6. The standard InChI is InChI=1S/C22H27ClN6O2/c1-13(2)11-28-20(30)18-19(26(5)22(28)31)24-21(29-15(4)10-14(3)25-29)27(18)12-16-8-6-7-9-17(16)23/h6-10,13,18-19H,11-12H2,1-5H3. The fourth-order valence-electron chi connectivity index (χ4n) is 4.19. The number of hydrogen-bond donors (Lipinski definition) is 0. The van der Waals surface area contributed by atoms with Gasteiger partial charge in [0.1, 0.15) is 0 Å². The van der Waals surface area contributed by atoms with Crippen molar-refractivity contribution in [3.63, 3.8) is 0 Å². The molecule has 0 saturated carbocycles. The molecule has 1 aromatic heterocycles. The molecule has 164 valence electrons. The van der Waals surface area contributed by atoms with Crippen molar-refractivity contribution in [2.75, 3.05) is 13.6 Å². The molecular formula is C22H27ClN6O2. The molecule has 0 bridgehead atoms. The van der Waals surface area contributed by atoms with Crippen molar-refractivity contribution in [3.05, 3.63) is 52.3 Å². The van der Waals surface area contributed by atoms with Gasteiger partial charge in [-0.15, -0.1) is 0 Å². The molecule has 2 aliphatic rings. The summed E-state index contributed by atoms with van der Waals surface area (Å²) in [5.41, 5.74) is 2.63. The van der Waals surface area contributed by atoms with Gasteiger partial charge in [0.05, 0.1) is 5.69 Å². The third-order valence-electron chi connectivity index (χ3n) is 5.62. The number of carbonyl (C=O) groups is 2. The van der Waals surface area contributed by atoms with E-state index in [0.717, 1.165) is 17.0 Å². The fraction of sp³-hybridized carbons (Fsp3) is 0.455. The molecule has 2 unspecified atom stereocenters. The molecular weight excluding hydrogens is 416 g/mol. The van der Waals surface area contributed by atoms with Crippen molar-refractivity contribution in [2.24, 2.45) is 10.9 Å². The van der Waals surface area contributed by atoms with Crippen molar-refractivity contribution in [1.82, 2.24) is 24.5 Å². The average molecular weight is 443 g/mol. The van der Waals surface area contributed by atoms with Gasteiger partial charge in [-0.05, 0) is 37.5 Å². The van der Waals surface area contributed by atoms with Crippen LogP contribution in [0.15, 0.2) is 35.3 Å². The molecule has 0 spiro atoms. The predicted molar refractivity (Wildman–Crippen MR) is 119 cm³/mol. The number of aliphatic imine (C=N–C) groups is 1. The maximum absolute atomic E-state index is 13.6. The predicted octanol–water partition coefficient (Wildman–Crippen LogP) is 3.12. The van der Waals surface area contributed by atoms with E-state index in [1.807, 2.05) is 62.9 Å². The van der Waals surface area contributed by atoms with Gasteiger partial charge in [0, 0.05) is 30.9 Å². The zero-order chi connectivity index (χ0) is 22.4. The Hall–Kier alpha value is -2.87. The highest BCUT2D eigenvalue weighted by atomic mass is 35.5. The van der Waals surface area contributed by atoms with Crippen LogP contribution in [0.3, 0.4) is 0 Å². The van der Waals surface area contributed by atoms with Gasteiger partial charge in [-0.1, -0.05) is 43.6 Å². The molecule has 0 aliphatic carbocycles. The van der Waals surface area contributed by atoms with Crippen LogP contribution in [0.5, 0.6) is 0 Å². The highest BCUT2D eigenvalue weighted by Crippen LogP contribution is 2.31. The first-order valence-electron chi connectivity index (χ1n) is 10.4. The summed E-state index contributed by atoms with van der Waals surface area (Å²) in [4.78, 5) is 36.1. The lowest BCUT2D eigenvalue weighted by molar-refractivity contribution is -0.138. The maximum Gasteiger partial charge on any atom is 0.328 e. The van der Waals surface area contributed by atoms with Crippen LogP contribution in [0.2, 0.25) is 5.02 Å². The molecule has 9 heteroatoms. The molecule has 4 rings (SSSR count). The summed E-state index contributed by atoms with van der Waals surface area (Å²) < 4.78 is 1.74.